The van der Waals surface area contributed by atoms with Gasteiger partial charge in [-0.05, 0) is 36.8 Å². The molecule has 0 aromatic heterocycles. The Hall–Kier alpha value is -1.01. The van der Waals surface area contributed by atoms with Gasteiger partial charge in [0, 0.05) is 19.1 Å². The van der Waals surface area contributed by atoms with Crippen molar-refractivity contribution in [2.24, 2.45) is 17.6 Å². The molecule has 24 heavy (non-hydrogen) atoms. The fourth-order valence-corrected chi connectivity index (χ4v) is 3.80. The topological polar surface area (TPSA) is 58.8 Å². The van der Waals surface area contributed by atoms with Crippen LogP contribution in [0.3, 0.4) is 0 Å². The SMILES string of the molecule is Cl.Cl.N[C@H]1CN(CC(=O)N2CCOc3ccccc32)C[C@@H]1C1CC1. The molecule has 1 amide bonds. The van der Waals surface area contributed by atoms with Crippen LogP contribution in [-0.2, 0) is 4.79 Å². The van der Waals surface area contributed by atoms with Crippen molar-refractivity contribution < 1.29 is 9.53 Å². The normalized spacial score (nSPS) is 26.0. The standard InChI is InChI=1S/C17H23N3O2.2ClH/c18-14-10-19(9-13(14)12-5-6-12)11-17(21)20-7-8-22-16-4-2-1-3-15(16)20;;/h1-4,12-14H,5-11,18H2;2*1H/t13-,14+;;/m1../s1. The van der Waals surface area contributed by atoms with Crippen LogP contribution in [0.4, 0.5) is 5.69 Å². The fourth-order valence-electron chi connectivity index (χ4n) is 3.80. The molecule has 2 heterocycles. The summed E-state index contributed by atoms with van der Waals surface area (Å²) in [6, 6.07) is 7.99. The molecule has 1 aromatic carbocycles. The van der Waals surface area contributed by atoms with Gasteiger partial charge in [-0.3, -0.25) is 9.69 Å². The summed E-state index contributed by atoms with van der Waals surface area (Å²) < 4.78 is 5.62. The van der Waals surface area contributed by atoms with Gasteiger partial charge in [0.15, 0.2) is 0 Å². The zero-order chi connectivity index (χ0) is 15.1. The zero-order valence-corrected chi connectivity index (χ0v) is 15.2. The van der Waals surface area contributed by atoms with E-state index in [0.717, 1.165) is 30.4 Å². The van der Waals surface area contributed by atoms with Crippen molar-refractivity contribution >= 4 is 36.4 Å². The van der Waals surface area contributed by atoms with E-state index in [-0.39, 0.29) is 36.8 Å². The molecular weight excluding hydrogens is 349 g/mol. The Kier molecular flexibility index (Phi) is 6.37. The lowest BCUT2D eigenvalue weighted by atomic mass is 9.99. The number of halogens is 2. The number of para-hydroxylation sites is 2. The van der Waals surface area contributed by atoms with Crippen LogP contribution < -0.4 is 15.4 Å². The number of hydrogen-bond acceptors (Lipinski definition) is 4. The van der Waals surface area contributed by atoms with E-state index in [2.05, 4.69) is 4.90 Å². The number of carbonyl (C=O) groups is 1. The maximum absolute atomic E-state index is 12.7. The Balaban J connectivity index is 0.00000104. The van der Waals surface area contributed by atoms with Gasteiger partial charge >= 0.3 is 0 Å². The second-order valence-electron chi connectivity index (χ2n) is 6.72. The van der Waals surface area contributed by atoms with Crippen LogP contribution in [-0.4, -0.2) is 49.6 Å². The Morgan fingerprint density at radius 3 is 2.71 bits per heavy atom. The number of benzene rings is 1. The first-order valence-electron chi connectivity index (χ1n) is 8.22. The first-order valence-corrected chi connectivity index (χ1v) is 8.22. The molecule has 0 radical (unpaired) electrons. The van der Waals surface area contributed by atoms with E-state index in [1.807, 2.05) is 29.2 Å². The molecule has 5 nitrogen and oxygen atoms in total. The maximum Gasteiger partial charge on any atom is 0.241 e. The molecule has 2 N–H and O–H groups in total. The van der Waals surface area contributed by atoms with Crippen molar-refractivity contribution in [3.63, 3.8) is 0 Å². The minimum atomic E-state index is 0. The van der Waals surface area contributed by atoms with Crippen LogP contribution in [0, 0.1) is 11.8 Å². The van der Waals surface area contributed by atoms with Gasteiger partial charge in [-0.25, -0.2) is 0 Å². The molecular formula is C17H25Cl2N3O2. The Labute approximate surface area is 155 Å². The molecule has 2 aliphatic heterocycles. The highest BCUT2D eigenvalue weighted by atomic mass is 35.5. The lowest BCUT2D eigenvalue weighted by Gasteiger charge is -2.30. The smallest absolute Gasteiger partial charge is 0.241 e. The number of fused-ring (bicyclic) bond motifs is 1. The number of carbonyl (C=O) groups excluding carboxylic acids is 1. The van der Waals surface area contributed by atoms with Crippen molar-refractivity contribution in [1.82, 2.24) is 4.90 Å². The number of hydrogen-bond donors (Lipinski definition) is 1. The summed E-state index contributed by atoms with van der Waals surface area (Å²) in [6.45, 7) is 3.47. The van der Waals surface area contributed by atoms with Crippen LogP contribution in [0.5, 0.6) is 5.75 Å². The molecule has 4 rings (SSSR count). The van der Waals surface area contributed by atoms with E-state index < -0.39 is 0 Å². The van der Waals surface area contributed by atoms with E-state index in [9.17, 15) is 4.79 Å². The van der Waals surface area contributed by atoms with Gasteiger partial charge in [0.2, 0.25) is 5.91 Å². The molecule has 0 bridgehead atoms. The number of likely N-dealkylation sites (tertiary alicyclic amines) is 1. The predicted molar refractivity (Wildman–Crippen MR) is 99.4 cm³/mol. The van der Waals surface area contributed by atoms with Crippen LogP contribution in [0.2, 0.25) is 0 Å². The van der Waals surface area contributed by atoms with Gasteiger partial charge in [-0.15, -0.1) is 24.8 Å². The first kappa shape index (κ1) is 19.3. The lowest BCUT2D eigenvalue weighted by molar-refractivity contribution is -0.119. The average molecular weight is 374 g/mol. The molecule has 1 aliphatic carbocycles. The fraction of sp³-hybridized carbons (Fsp3) is 0.588. The van der Waals surface area contributed by atoms with Crippen molar-refractivity contribution in [3.8, 4) is 5.75 Å². The zero-order valence-electron chi connectivity index (χ0n) is 13.6. The summed E-state index contributed by atoms with van der Waals surface area (Å²) in [6.07, 6.45) is 2.63. The minimum Gasteiger partial charge on any atom is -0.490 e. The van der Waals surface area contributed by atoms with Gasteiger partial charge in [0.25, 0.3) is 0 Å². The molecule has 0 unspecified atom stereocenters. The molecule has 134 valence electrons. The van der Waals surface area contributed by atoms with Gasteiger partial charge < -0.3 is 15.4 Å². The van der Waals surface area contributed by atoms with Gasteiger partial charge in [-0.1, -0.05) is 12.1 Å². The van der Waals surface area contributed by atoms with E-state index in [1.54, 1.807) is 0 Å². The number of nitrogens with zero attached hydrogens (tertiary/aromatic N) is 2. The third-order valence-corrected chi connectivity index (χ3v) is 5.10. The van der Waals surface area contributed by atoms with Crippen LogP contribution in [0.1, 0.15) is 12.8 Å². The molecule has 1 saturated heterocycles. The highest BCUT2D eigenvalue weighted by molar-refractivity contribution is 5.96. The van der Waals surface area contributed by atoms with Crippen LogP contribution >= 0.6 is 24.8 Å². The van der Waals surface area contributed by atoms with Crippen molar-refractivity contribution in [1.29, 1.82) is 0 Å². The summed E-state index contributed by atoms with van der Waals surface area (Å²) in [5.41, 5.74) is 7.14. The summed E-state index contributed by atoms with van der Waals surface area (Å²) in [5.74, 6) is 2.35. The monoisotopic (exact) mass is 373 g/mol. The first-order chi connectivity index (χ1) is 10.7. The van der Waals surface area contributed by atoms with Gasteiger partial charge in [-0.2, -0.15) is 0 Å². The third kappa shape index (κ3) is 3.80. The van der Waals surface area contributed by atoms with Gasteiger partial charge in [0.1, 0.15) is 12.4 Å². The quantitative estimate of drug-likeness (QED) is 0.879. The molecule has 3 aliphatic rings. The number of rotatable bonds is 3. The maximum atomic E-state index is 12.7. The number of anilines is 1. The second-order valence-corrected chi connectivity index (χ2v) is 6.72. The number of ether oxygens (including phenoxy) is 1. The number of nitrogens with two attached hydrogens (primary N) is 1. The Morgan fingerprint density at radius 2 is 1.96 bits per heavy atom. The van der Waals surface area contributed by atoms with E-state index in [0.29, 0.717) is 25.6 Å². The second kappa shape index (κ2) is 7.91. The molecule has 2 fully saturated rings. The molecule has 0 spiro atoms. The number of amides is 1. The molecule has 2 atom stereocenters. The van der Waals surface area contributed by atoms with Crippen molar-refractivity contribution in [2.45, 2.75) is 18.9 Å². The Morgan fingerprint density at radius 1 is 1.21 bits per heavy atom. The summed E-state index contributed by atoms with van der Waals surface area (Å²) >= 11 is 0. The molecule has 1 saturated carbocycles. The summed E-state index contributed by atoms with van der Waals surface area (Å²) in [4.78, 5) is 16.8. The highest BCUT2D eigenvalue weighted by Crippen LogP contribution is 2.41. The molecule has 7 heteroatoms. The predicted octanol–water partition coefficient (Wildman–Crippen LogP) is 1.92. The summed E-state index contributed by atoms with van der Waals surface area (Å²) in [5, 5.41) is 0. The van der Waals surface area contributed by atoms with E-state index in [1.165, 1.54) is 12.8 Å². The highest BCUT2D eigenvalue weighted by Gasteiger charge is 2.41. The van der Waals surface area contributed by atoms with Crippen LogP contribution in [0.25, 0.3) is 0 Å². The Bertz CT molecular complexity index is 583. The summed E-state index contributed by atoms with van der Waals surface area (Å²) in [7, 11) is 0. The average Bonchev–Trinajstić information content (AvgIpc) is 3.31. The molecule has 1 aromatic rings. The van der Waals surface area contributed by atoms with Crippen LogP contribution in [0.15, 0.2) is 24.3 Å². The van der Waals surface area contributed by atoms with Gasteiger partial charge in [0.05, 0.1) is 18.8 Å². The largest absolute Gasteiger partial charge is 0.490 e. The van der Waals surface area contributed by atoms with Crippen molar-refractivity contribution in [3.05, 3.63) is 24.3 Å². The lowest BCUT2D eigenvalue weighted by Crippen LogP contribution is -2.44. The van der Waals surface area contributed by atoms with E-state index >= 15 is 0 Å². The van der Waals surface area contributed by atoms with Crippen molar-refractivity contribution in [2.75, 3.05) is 37.7 Å². The minimum absolute atomic E-state index is 0. The van der Waals surface area contributed by atoms with E-state index in [4.69, 9.17) is 10.5 Å². The third-order valence-electron chi connectivity index (χ3n) is 5.10.